The van der Waals surface area contributed by atoms with Gasteiger partial charge in [-0.05, 0) is 12.5 Å². The Kier molecular flexibility index (Phi) is 9.72. The summed E-state index contributed by atoms with van der Waals surface area (Å²) in [6, 6.07) is 5.32. The number of rotatable bonds is 13. The lowest BCUT2D eigenvalue weighted by Crippen LogP contribution is -2.31. The fourth-order valence-electron chi connectivity index (χ4n) is 2.59. The largest absolute Gasteiger partial charge is 0.384 e. The first-order valence-electron chi connectivity index (χ1n) is 9.48. The Morgan fingerprint density at radius 2 is 2.00 bits per heavy atom. The summed E-state index contributed by atoms with van der Waals surface area (Å²) in [7, 11) is 0. The summed E-state index contributed by atoms with van der Waals surface area (Å²) < 4.78 is 5.62. The standard InChI is InChI=1S/C21H32N2O4/c1-5-6-10-20(26)17-8-7-9-19(18(17)13-24)23-14-21(3,4)15-27-12-11-22-16(2)25/h7-9,13,23H,5-6,10-12,14-15H2,1-4H3,(H,22,25). The van der Waals surface area contributed by atoms with E-state index in [1.54, 1.807) is 12.1 Å². The number of amides is 1. The number of benzene rings is 1. The van der Waals surface area contributed by atoms with Gasteiger partial charge in [0.2, 0.25) is 5.91 Å². The second kappa shape index (κ2) is 11.5. The predicted octanol–water partition coefficient (Wildman–Crippen LogP) is 3.46. The van der Waals surface area contributed by atoms with E-state index < -0.39 is 0 Å². The average molecular weight is 376 g/mol. The lowest BCUT2D eigenvalue weighted by molar-refractivity contribution is -0.119. The average Bonchev–Trinajstić information content (AvgIpc) is 2.63. The van der Waals surface area contributed by atoms with Crippen molar-refractivity contribution >= 4 is 23.7 Å². The molecule has 0 saturated carbocycles. The Morgan fingerprint density at radius 1 is 1.26 bits per heavy atom. The smallest absolute Gasteiger partial charge is 0.216 e. The lowest BCUT2D eigenvalue weighted by atomic mass is 9.94. The summed E-state index contributed by atoms with van der Waals surface area (Å²) >= 11 is 0. The lowest BCUT2D eigenvalue weighted by Gasteiger charge is -2.26. The molecule has 0 aliphatic rings. The van der Waals surface area contributed by atoms with Crippen LogP contribution < -0.4 is 10.6 Å². The van der Waals surface area contributed by atoms with Crippen LogP contribution in [0.25, 0.3) is 0 Å². The summed E-state index contributed by atoms with van der Waals surface area (Å²) in [6.45, 7) is 9.63. The van der Waals surface area contributed by atoms with Crippen LogP contribution in [0, 0.1) is 5.41 Å². The first-order valence-corrected chi connectivity index (χ1v) is 9.48. The van der Waals surface area contributed by atoms with Crippen LogP contribution >= 0.6 is 0 Å². The van der Waals surface area contributed by atoms with E-state index in [9.17, 15) is 14.4 Å². The summed E-state index contributed by atoms with van der Waals surface area (Å²) in [4.78, 5) is 34.8. The number of ketones is 1. The molecule has 0 radical (unpaired) electrons. The minimum absolute atomic E-state index is 0.00293. The van der Waals surface area contributed by atoms with Gasteiger partial charge in [0.05, 0.1) is 13.2 Å². The molecule has 1 amide bonds. The summed E-state index contributed by atoms with van der Waals surface area (Å²) in [5, 5.41) is 5.97. The third-order valence-electron chi connectivity index (χ3n) is 4.15. The third-order valence-corrected chi connectivity index (χ3v) is 4.15. The van der Waals surface area contributed by atoms with E-state index in [2.05, 4.69) is 24.5 Å². The van der Waals surface area contributed by atoms with Crippen LogP contribution in [0.4, 0.5) is 5.69 Å². The van der Waals surface area contributed by atoms with E-state index in [0.717, 1.165) is 19.1 Å². The normalized spacial score (nSPS) is 11.1. The van der Waals surface area contributed by atoms with Crippen molar-refractivity contribution < 1.29 is 19.1 Å². The molecule has 1 aromatic carbocycles. The summed E-state index contributed by atoms with van der Waals surface area (Å²) in [5.41, 5.74) is 1.38. The van der Waals surface area contributed by atoms with E-state index in [-0.39, 0.29) is 17.1 Å². The molecule has 0 aromatic heterocycles. The molecule has 0 unspecified atom stereocenters. The number of carbonyl (C=O) groups excluding carboxylic acids is 3. The molecule has 150 valence electrons. The van der Waals surface area contributed by atoms with E-state index in [1.165, 1.54) is 6.92 Å². The van der Waals surface area contributed by atoms with E-state index >= 15 is 0 Å². The monoisotopic (exact) mass is 376 g/mol. The molecule has 27 heavy (non-hydrogen) atoms. The van der Waals surface area contributed by atoms with Crippen molar-refractivity contribution in [2.24, 2.45) is 5.41 Å². The Hall–Kier alpha value is -2.21. The van der Waals surface area contributed by atoms with Gasteiger partial charge < -0.3 is 15.4 Å². The maximum Gasteiger partial charge on any atom is 0.216 e. The molecule has 0 fully saturated rings. The topological polar surface area (TPSA) is 84.5 Å². The molecule has 1 aromatic rings. The van der Waals surface area contributed by atoms with Gasteiger partial charge in [0, 0.05) is 48.7 Å². The van der Waals surface area contributed by atoms with Gasteiger partial charge in [-0.1, -0.05) is 39.3 Å². The van der Waals surface area contributed by atoms with Crippen molar-refractivity contribution in [3.8, 4) is 0 Å². The second-order valence-corrected chi connectivity index (χ2v) is 7.46. The SMILES string of the molecule is CCCCC(=O)c1cccc(NCC(C)(C)COCCNC(C)=O)c1C=O. The highest BCUT2D eigenvalue weighted by Gasteiger charge is 2.20. The van der Waals surface area contributed by atoms with Gasteiger partial charge in [0.15, 0.2) is 12.1 Å². The maximum absolute atomic E-state index is 12.4. The molecular formula is C21H32N2O4. The minimum Gasteiger partial charge on any atom is -0.384 e. The highest BCUT2D eigenvalue weighted by molar-refractivity contribution is 6.05. The minimum atomic E-state index is -0.182. The van der Waals surface area contributed by atoms with Crippen molar-refractivity contribution in [2.45, 2.75) is 47.0 Å². The number of hydrogen-bond donors (Lipinski definition) is 2. The fourth-order valence-corrected chi connectivity index (χ4v) is 2.59. The zero-order valence-electron chi connectivity index (χ0n) is 16.9. The van der Waals surface area contributed by atoms with Crippen LogP contribution in [0.2, 0.25) is 0 Å². The molecule has 0 spiro atoms. The fraction of sp³-hybridized carbons (Fsp3) is 0.571. The number of ether oxygens (including phenoxy) is 1. The number of carbonyl (C=O) groups is 3. The molecule has 0 bridgehead atoms. The molecule has 1 rings (SSSR count). The van der Waals surface area contributed by atoms with Crippen LogP contribution in [0.15, 0.2) is 18.2 Å². The Morgan fingerprint density at radius 3 is 2.63 bits per heavy atom. The quantitative estimate of drug-likeness (QED) is 0.313. The van der Waals surface area contributed by atoms with Gasteiger partial charge in [-0.3, -0.25) is 14.4 Å². The van der Waals surface area contributed by atoms with Crippen LogP contribution in [0.3, 0.4) is 0 Å². The highest BCUT2D eigenvalue weighted by atomic mass is 16.5. The Labute approximate surface area is 162 Å². The van der Waals surface area contributed by atoms with E-state index in [0.29, 0.717) is 49.5 Å². The summed E-state index contributed by atoms with van der Waals surface area (Å²) in [6.07, 6.45) is 2.96. The maximum atomic E-state index is 12.4. The molecule has 6 heteroatoms. The van der Waals surface area contributed by atoms with E-state index in [4.69, 9.17) is 4.74 Å². The first kappa shape index (κ1) is 22.8. The molecule has 0 saturated heterocycles. The van der Waals surface area contributed by atoms with Crippen molar-refractivity contribution in [1.29, 1.82) is 0 Å². The van der Waals surface area contributed by atoms with Gasteiger partial charge in [-0.15, -0.1) is 0 Å². The molecule has 2 N–H and O–H groups in total. The van der Waals surface area contributed by atoms with Crippen molar-refractivity contribution in [3.05, 3.63) is 29.3 Å². The number of aldehydes is 1. The van der Waals surface area contributed by atoms with Crippen molar-refractivity contribution in [3.63, 3.8) is 0 Å². The van der Waals surface area contributed by atoms with Crippen LogP contribution in [0.1, 0.15) is 67.7 Å². The van der Waals surface area contributed by atoms with Crippen molar-refractivity contribution in [2.75, 3.05) is 31.6 Å². The van der Waals surface area contributed by atoms with Gasteiger partial charge in [0.1, 0.15) is 0 Å². The number of anilines is 1. The molecule has 0 atom stereocenters. The van der Waals surface area contributed by atoms with Gasteiger partial charge in [-0.25, -0.2) is 0 Å². The predicted molar refractivity (Wildman–Crippen MR) is 107 cm³/mol. The van der Waals surface area contributed by atoms with Gasteiger partial charge in [0.25, 0.3) is 0 Å². The molecule has 0 heterocycles. The zero-order valence-corrected chi connectivity index (χ0v) is 16.9. The molecular weight excluding hydrogens is 344 g/mol. The number of Topliss-reactive ketones (excluding diaryl/α,β-unsaturated/α-hetero) is 1. The number of nitrogens with one attached hydrogen (secondary N) is 2. The van der Waals surface area contributed by atoms with E-state index in [1.807, 2.05) is 13.0 Å². The molecule has 0 aliphatic heterocycles. The Bertz CT molecular complexity index is 641. The summed E-state index contributed by atoms with van der Waals surface area (Å²) in [5.74, 6) is -0.0718. The van der Waals surface area contributed by atoms with Crippen molar-refractivity contribution in [1.82, 2.24) is 5.32 Å². The Balaban J connectivity index is 2.65. The molecule has 0 aliphatic carbocycles. The second-order valence-electron chi connectivity index (χ2n) is 7.46. The zero-order chi connectivity index (χ0) is 20.3. The number of hydrogen-bond acceptors (Lipinski definition) is 5. The van der Waals surface area contributed by atoms with Gasteiger partial charge >= 0.3 is 0 Å². The first-order chi connectivity index (χ1) is 12.8. The highest BCUT2D eigenvalue weighted by Crippen LogP contribution is 2.23. The van der Waals surface area contributed by atoms with Crippen LogP contribution in [-0.4, -0.2) is 44.3 Å². The number of unbranched alkanes of at least 4 members (excludes halogenated alkanes) is 1. The van der Waals surface area contributed by atoms with Gasteiger partial charge in [-0.2, -0.15) is 0 Å². The third kappa shape index (κ3) is 8.35. The van der Waals surface area contributed by atoms with Crippen LogP contribution in [-0.2, 0) is 9.53 Å². The van der Waals surface area contributed by atoms with Crippen LogP contribution in [0.5, 0.6) is 0 Å². The molecule has 6 nitrogen and oxygen atoms in total.